The minimum atomic E-state index is -0.355. The summed E-state index contributed by atoms with van der Waals surface area (Å²) in [5, 5.41) is 3.88. The highest BCUT2D eigenvalue weighted by atomic mass is 16.5. The number of carbonyl (C=O) groups excluding carboxylic acids is 1. The van der Waals surface area contributed by atoms with Crippen molar-refractivity contribution < 1.29 is 9.32 Å². The highest BCUT2D eigenvalue weighted by molar-refractivity contribution is 5.82. The molecule has 0 bridgehead atoms. The topological polar surface area (TPSA) is 73.8 Å². The van der Waals surface area contributed by atoms with Crippen molar-refractivity contribution in [3.05, 3.63) is 18.3 Å². The molecule has 6 nitrogen and oxygen atoms in total. The number of aromatic nitrogens is 4. The Morgan fingerprint density at radius 2 is 2.17 bits per heavy atom. The normalized spacial score (nSPS) is 12.9. The van der Waals surface area contributed by atoms with Crippen LogP contribution >= 0.6 is 0 Å². The summed E-state index contributed by atoms with van der Waals surface area (Å²) in [5.41, 5.74) is 0. The van der Waals surface area contributed by atoms with Crippen LogP contribution in [0.4, 0.5) is 0 Å². The molecule has 2 rings (SSSR count). The van der Waals surface area contributed by atoms with Gasteiger partial charge in [-0.25, -0.2) is 4.98 Å². The van der Waals surface area contributed by atoms with Crippen LogP contribution in [0.2, 0.25) is 0 Å². The Labute approximate surface area is 105 Å². The van der Waals surface area contributed by atoms with E-state index in [1.165, 1.54) is 6.92 Å². The Hall–Kier alpha value is -1.98. The molecule has 0 aliphatic carbocycles. The Morgan fingerprint density at radius 1 is 1.44 bits per heavy atom. The second-order valence-corrected chi connectivity index (χ2v) is 4.65. The van der Waals surface area contributed by atoms with Gasteiger partial charge < -0.3 is 9.09 Å². The molecule has 0 saturated heterocycles. The molecule has 0 aliphatic heterocycles. The molecule has 0 amide bonds. The summed E-state index contributed by atoms with van der Waals surface area (Å²) in [5.74, 6) is 1.18. The summed E-state index contributed by atoms with van der Waals surface area (Å²) in [4.78, 5) is 20.0. The van der Waals surface area contributed by atoms with Crippen LogP contribution in [0.25, 0.3) is 11.6 Å². The lowest BCUT2D eigenvalue weighted by Crippen LogP contribution is -2.15. The first kappa shape index (κ1) is 12.5. The van der Waals surface area contributed by atoms with E-state index in [0.29, 0.717) is 17.5 Å². The van der Waals surface area contributed by atoms with Crippen LogP contribution in [0.15, 0.2) is 16.9 Å². The maximum absolute atomic E-state index is 11.6. The summed E-state index contributed by atoms with van der Waals surface area (Å²) in [6, 6.07) is 0. The molecule has 0 spiro atoms. The van der Waals surface area contributed by atoms with Gasteiger partial charge >= 0.3 is 0 Å². The molecule has 18 heavy (non-hydrogen) atoms. The quantitative estimate of drug-likeness (QED) is 0.824. The van der Waals surface area contributed by atoms with E-state index in [0.717, 1.165) is 0 Å². The fourth-order valence-corrected chi connectivity index (χ4v) is 1.96. The van der Waals surface area contributed by atoms with Gasteiger partial charge in [0.05, 0.1) is 5.92 Å². The summed E-state index contributed by atoms with van der Waals surface area (Å²) >= 11 is 0. The van der Waals surface area contributed by atoms with Gasteiger partial charge in [0.15, 0.2) is 5.82 Å². The van der Waals surface area contributed by atoms with Crippen molar-refractivity contribution in [3.8, 4) is 11.6 Å². The summed E-state index contributed by atoms with van der Waals surface area (Å²) < 4.78 is 6.99. The Balaban J connectivity index is 2.36. The Kier molecular flexibility index (Phi) is 3.27. The average molecular weight is 248 g/mol. The number of Topliss-reactive ketones (excluding diaryl/α,β-unsaturated/α-hetero) is 1. The lowest BCUT2D eigenvalue weighted by atomic mass is 9.92. The number of imidazole rings is 1. The first-order valence-corrected chi connectivity index (χ1v) is 5.82. The maximum atomic E-state index is 11.6. The molecule has 0 aliphatic rings. The fourth-order valence-electron chi connectivity index (χ4n) is 1.96. The molecule has 2 heterocycles. The second-order valence-electron chi connectivity index (χ2n) is 4.65. The zero-order valence-electron chi connectivity index (χ0n) is 10.9. The van der Waals surface area contributed by atoms with E-state index in [9.17, 15) is 4.79 Å². The molecular formula is C12H16N4O2. The maximum Gasteiger partial charge on any atom is 0.238 e. The van der Waals surface area contributed by atoms with Gasteiger partial charge in [-0.05, 0) is 12.8 Å². The standard InChI is InChI=1S/C12H16N4O2/c1-7(2)9(8(3)17)12-14-10(15-18-12)11-13-5-6-16(11)4/h5-7,9H,1-4H3. The van der Waals surface area contributed by atoms with Gasteiger partial charge in [0.2, 0.25) is 11.7 Å². The third-order valence-corrected chi connectivity index (χ3v) is 2.83. The van der Waals surface area contributed by atoms with E-state index >= 15 is 0 Å². The molecular weight excluding hydrogens is 232 g/mol. The van der Waals surface area contributed by atoms with E-state index < -0.39 is 0 Å². The number of rotatable bonds is 4. The number of ketones is 1. The molecule has 6 heteroatoms. The van der Waals surface area contributed by atoms with Gasteiger partial charge in [-0.15, -0.1) is 0 Å². The van der Waals surface area contributed by atoms with Gasteiger partial charge in [-0.2, -0.15) is 4.98 Å². The van der Waals surface area contributed by atoms with Crippen LogP contribution in [-0.4, -0.2) is 25.5 Å². The predicted octanol–water partition coefficient (Wildman–Crippen LogP) is 1.80. The molecule has 2 aromatic heterocycles. The van der Waals surface area contributed by atoms with E-state index in [1.807, 2.05) is 20.9 Å². The predicted molar refractivity (Wildman–Crippen MR) is 64.8 cm³/mol. The number of hydrogen-bond donors (Lipinski definition) is 0. The van der Waals surface area contributed by atoms with Gasteiger partial charge in [0.1, 0.15) is 5.78 Å². The van der Waals surface area contributed by atoms with Gasteiger partial charge in [0.25, 0.3) is 0 Å². The van der Waals surface area contributed by atoms with Crippen LogP contribution in [-0.2, 0) is 11.8 Å². The van der Waals surface area contributed by atoms with Crippen molar-refractivity contribution in [1.82, 2.24) is 19.7 Å². The monoisotopic (exact) mass is 248 g/mol. The molecule has 0 aromatic carbocycles. The van der Waals surface area contributed by atoms with Crippen molar-refractivity contribution in [2.75, 3.05) is 0 Å². The van der Waals surface area contributed by atoms with Gasteiger partial charge in [-0.1, -0.05) is 19.0 Å². The lowest BCUT2D eigenvalue weighted by molar-refractivity contribution is -0.119. The molecule has 0 N–H and O–H groups in total. The lowest BCUT2D eigenvalue weighted by Gasteiger charge is -2.12. The third kappa shape index (κ3) is 2.18. The summed E-state index contributed by atoms with van der Waals surface area (Å²) in [7, 11) is 1.85. The minimum Gasteiger partial charge on any atom is -0.338 e. The summed E-state index contributed by atoms with van der Waals surface area (Å²) in [6.07, 6.45) is 3.46. The average Bonchev–Trinajstić information content (AvgIpc) is 2.85. The molecule has 0 fully saturated rings. The van der Waals surface area contributed by atoms with E-state index in [4.69, 9.17) is 4.52 Å². The van der Waals surface area contributed by atoms with Crippen molar-refractivity contribution in [1.29, 1.82) is 0 Å². The van der Waals surface area contributed by atoms with Crippen LogP contribution < -0.4 is 0 Å². The zero-order valence-corrected chi connectivity index (χ0v) is 10.9. The van der Waals surface area contributed by atoms with Crippen molar-refractivity contribution >= 4 is 5.78 Å². The number of carbonyl (C=O) groups is 1. The highest BCUT2D eigenvalue weighted by Gasteiger charge is 2.27. The van der Waals surface area contributed by atoms with Crippen molar-refractivity contribution in [2.24, 2.45) is 13.0 Å². The largest absolute Gasteiger partial charge is 0.338 e. The van der Waals surface area contributed by atoms with Crippen LogP contribution in [0, 0.1) is 5.92 Å². The minimum absolute atomic E-state index is 0.0278. The van der Waals surface area contributed by atoms with Crippen LogP contribution in [0.3, 0.4) is 0 Å². The van der Waals surface area contributed by atoms with E-state index in [1.54, 1.807) is 17.0 Å². The molecule has 1 unspecified atom stereocenters. The number of aryl methyl sites for hydroxylation is 1. The molecule has 2 aromatic rings. The first-order chi connectivity index (χ1) is 8.50. The van der Waals surface area contributed by atoms with Gasteiger partial charge in [0, 0.05) is 19.4 Å². The highest BCUT2D eigenvalue weighted by Crippen LogP contribution is 2.25. The molecule has 0 saturated carbocycles. The van der Waals surface area contributed by atoms with Gasteiger partial charge in [-0.3, -0.25) is 4.79 Å². The zero-order chi connectivity index (χ0) is 13.3. The molecule has 0 radical (unpaired) electrons. The molecule has 96 valence electrons. The Morgan fingerprint density at radius 3 is 2.67 bits per heavy atom. The SMILES string of the molecule is CC(=O)C(c1nc(-c2nccn2C)no1)C(C)C. The summed E-state index contributed by atoms with van der Waals surface area (Å²) in [6.45, 7) is 5.45. The molecule has 1 atom stereocenters. The van der Waals surface area contributed by atoms with Crippen molar-refractivity contribution in [2.45, 2.75) is 26.7 Å². The van der Waals surface area contributed by atoms with Crippen LogP contribution in [0.1, 0.15) is 32.6 Å². The van der Waals surface area contributed by atoms with E-state index in [-0.39, 0.29) is 17.6 Å². The number of nitrogens with zero attached hydrogens (tertiary/aromatic N) is 4. The third-order valence-electron chi connectivity index (χ3n) is 2.83. The fraction of sp³-hybridized carbons (Fsp3) is 0.500. The smallest absolute Gasteiger partial charge is 0.238 e. The first-order valence-electron chi connectivity index (χ1n) is 5.82. The van der Waals surface area contributed by atoms with Crippen LogP contribution in [0.5, 0.6) is 0 Å². The van der Waals surface area contributed by atoms with Crippen molar-refractivity contribution in [3.63, 3.8) is 0 Å². The number of hydrogen-bond acceptors (Lipinski definition) is 5. The van der Waals surface area contributed by atoms with E-state index in [2.05, 4.69) is 15.1 Å². The second kappa shape index (κ2) is 4.72. The Bertz CT molecular complexity index is 556.